The maximum absolute atomic E-state index is 13.1. The van der Waals surface area contributed by atoms with Gasteiger partial charge in [-0.1, -0.05) is 11.6 Å². The Morgan fingerprint density at radius 3 is 2.75 bits per heavy atom. The molecule has 0 aliphatic heterocycles. The molecular weight excluding hydrogens is 333 g/mol. The molecule has 0 fully saturated rings. The van der Waals surface area contributed by atoms with Gasteiger partial charge < -0.3 is 10.4 Å². The minimum atomic E-state index is -0.305. The molecule has 0 aliphatic carbocycles. The van der Waals surface area contributed by atoms with E-state index >= 15 is 0 Å². The Hall–Kier alpha value is -2.38. The number of halogens is 2. The average Bonchev–Trinajstić information content (AvgIpc) is 3.12. The second-order valence-corrected chi connectivity index (χ2v) is 5.67. The molecule has 0 saturated heterocycles. The quantitative estimate of drug-likeness (QED) is 0.718. The van der Waals surface area contributed by atoms with Gasteiger partial charge in [-0.05, 0) is 31.2 Å². The van der Waals surface area contributed by atoms with Crippen LogP contribution in [-0.2, 0) is 13.1 Å². The molecule has 2 heterocycles. The summed E-state index contributed by atoms with van der Waals surface area (Å²) in [5, 5.41) is 21.2. The summed E-state index contributed by atoms with van der Waals surface area (Å²) < 4.78 is 16.3. The highest BCUT2D eigenvalue weighted by Gasteiger charge is 2.14. The zero-order valence-electron chi connectivity index (χ0n) is 13.1. The number of nitrogens with one attached hydrogen (secondary N) is 1. The molecule has 0 unspecified atom stereocenters. The third-order valence-corrected chi connectivity index (χ3v) is 4.01. The van der Waals surface area contributed by atoms with E-state index in [4.69, 9.17) is 16.7 Å². The van der Waals surface area contributed by atoms with Crippen molar-refractivity contribution in [2.45, 2.75) is 20.0 Å². The van der Waals surface area contributed by atoms with E-state index in [-0.39, 0.29) is 12.4 Å². The Kier molecular flexibility index (Phi) is 4.82. The number of aliphatic hydroxyl groups excluding tert-OH is 1. The van der Waals surface area contributed by atoms with Crippen LogP contribution in [-0.4, -0.2) is 31.3 Å². The molecule has 2 aromatic heterocycles. The molecule has 0 spiro atoms. The van der Waals surface area contributed by atoms with Crippen LogP contribution in [0.4, 0.5) is 10.1 Å². The molecular formula is C16H17ClFN5O. The van der Waals surface area contributed by atoms with E-state index in [0.717, 1.165) is 16.9 Å². The molecule has 8 heteroatoms. The van der Waals surface area contributed by atoms with Crippen molar-refractivity contribution in [2.24, 2.45) is 0 Å². The van der Waals surface area contributed by atoms with Crippen LogP contribution in [0.1, 0.15) is 11.3 Å². The summed E-state index contributed by atoms with van der Waals surface area (Å²) in [4.78, 5) is 0. The predicted molar refractivity (Wildman–Crippen MR) is 89.9 cm³/mol. The van der Waals surface area contributed by atoms with Crippen LogP contribution in [0.2, 0.25) is 5.15 Å². The van der Waals surface area contributed by atoms with Crippen LogP contribution in [0.5, 0.6) is 0 Å². The molecule has 0 aliphatic rings. The fourth-order valence-electron chi connectivity index (χ4n) is 2.36. The lowest BCUT2D eigenvalue weighted by atomic mass is 10.2. The standard InChI is InChI=1S/C16H17ClFN5O/c1-11-15(9-19-13-8-20-22(10-13)6-7-24)16(17)23(21-11)14-4-2-12(18)3-5-14/h2-5,8,10,19,24H,6-7,9H2,1H3. The van der Waals surface area contributed by atoms with Crippen LogP contribution in [0.15, 0.2) is 36.7 Å². The first kappa shape index (κ1) is 16.5. The van der Waals surface area contributed by atoms with Crippen molar-refractivity contribution in [1.82, 2.24) is 19.6 Å². The molecule has 0 amide bonds. The third-order valence-electron chi connectivity index (χ3n) is 3.62. The zero-order valence-corrected chi connectivity index (χ0v) is 13.8. The van der Waals surface area contributed by atoms with Crippen LogP contribution in [0.25, 0.3) is 5.69 Å². The van der Waals surface area contributed by atoms with Gasteiger partial charge in [0.05, 0.1) is 36.4 Å². The van der Waals surface area contributed by atoms with Crippen LogP contribution in [0, 0.1) is 12.7 Å². The van der Waals surface area contributed by atoms with E-state index in [1.54, 1.807) is 27.7 Å². The maximum Gasteiger partial charge on any atom is 0.138 e. The van der Waals surface area contributed by atoms with Crippen molar-refractivity contribution in [3.63, 3.8) is 0 Å². The number of aliphatic hydroxyl groups is 1. The highest BCUT2D eigenvalue weighted by molar-refractivity contribution is 6.30. The Bertz CT molecular complexity index is 828. The number of nitrogens with zero attached hydrogens (tertiary/aromatic N) is 4. The van der Waals surface area contributed by atoms with Gasteiger partial charge in [-0.2, -0.15) is 10.2 Å². The van der Waals surface area contributed by atoms with E-state index in [0.29, 0.717) is 23.9 Å². The first-order valence-corrected chi connectivity index (χ1v) is 7.83. The van der Waals surface area contributed by atoms with Crippen molar-refractivity contribution in [2.75, 3.05) is 11.9 Å². The molecule has 3 aromatic rings. The van der Waals surface area contributed by atoms with Crippen molar-refractivity contribution >= 4 is 17.3 Å². The molecule has 0 atom stereocenters. The van der Waals surface area contributed by atoms with Crippen molar-refractivity contribution in [1.29, 1.82) is 0 Å². The summed E-state index contributed by atoms with van der Waals surface area (Å²) in [6, 6.07) is 6.00. The Labute approximate surface area is 143 Å². The first-order chi connectivity index (χ1) is 11.6. The van der Waals surface area contributed by atoms with E-state index in [9.17, 15) is 4.39 Å². The lowest BCUT2D eigenvalue weighted by Crippen LogP contribution is -2.02. The number of rotatable bonds is 6. The number of aromatic nitrogens is 4. The highest BCUT2D eigenvalue weighted by Crippen LogP contribution is 2.24. The Balaban J connectivity index is 1.77. The first-order valence-electron chi connectivity index (χ1n) is 7.45. The normalized spacial score (nSPS) is 11.0. The van der Waals surface area contributed by atoms with Gasteiger partial charge in [-0.3, -0.25) is 4.68 Å². The number of benzene rings is 1. The number of anilines is 1. The van der Waals surface area contributed by atoms with Crippen molar-refractivity contribution in [3.05, 3.63) is 58.9 Å². The van der Waals surface area contributed by atoms with E-state index in [1.165, 1.54) is 12.1 Å². The second kappa shape index (κ2) is 7.02. The second-order valence-electron chi connectivity index (χ2n) is 5.31. The summed E-state index contributed by atoms with van der Waals surface area (Å²) in [7, 11) is 0. The monoisotopic (exact) mass is 349 g/mol. The molecule has 0 bridgehead atoms. The van der Waals surface area contributed by atoms with Crippen molar-refractivity contribution < 1.29 is 9.50 Å². The molecule has 6 nitrogen and oxygen atoms in total. The van der Waals surface area contributed by atoms with E-state index in [1.807, 2.05) is 13.1 Å². The van der Waals surface area contributed by atoms with Gasteiger partial charge in [0.15, 0.2) is 0 Å². The molecule has 0 saturated carbocycles. The number of hydrogen-bond acceptors (Lipinski definition) is 4. The number of aryl methyl sites for hydroxylation is 1. The van der Waals surface area contributed by atoms with Gasteiger partial charge in [0.1, 0.15) is 11.0 Å². The molecule has 24 heavy (non-hydrogen) atoms. The third kappa shape index (κ3) is 3.42. The lowest BCUT2D eigenvalue weighted by Gasteiger charge is -2.05. The average molecular weight is 350 g/mol. The van der Waals surface area contributed by atoms with E-state index < -0.39 is 0 Å². The highest BCUT2D eigenvalue weighted by atomic mass is 35.5. The minimum absolute atomic E-state index is 0.0382. The van der Waals surface area contributed by atoms with Crippen molar-refractivity contribution in [3.8, 4) is 5.69 Å². The molecule has 1 aromatic carbocycles. The van der Waals surface area contributed by atoms with Crippen LogP contribution < -0.4 is 5.32 Å². The van der Waals surface area contributed by atoms with Gasteiger partial charge in [0.25, 0.3) is 0 Å². The van der Waals surface area contributed by atoms with Gasteiger partial charge >= 0.3 is 0 Å². The van der Waals surface area contributed by atoms with Gasteiger partial charge in [-0.25, -0.2) is 9.07 Å². The molecule has 3 rings (SSSR count). The summed E-state index contributed by atoms with van der Waals surface area (Å²) in [6.45, 7) is 2.84. The summed E-state index contributed by atoms with van der Waals surface area (Å²) in [5.41, 5.74) is 3.18. The fourth-order valence-corrected chi connectivity index (χ4v) is 2.69. The molecule has 2 N–H and O–H groups in total. The minimum Gasteiger partial charge on any atom is -0.394 e. The fraction of sp³-hybridized carbons (Fsp3) is 0.250. The lowest BCUT2D eigenvalue weighted by molar-refractivity contribution is 0.269. The SMILES string of the molecule is Cc1nn(-c2ccc(F)cc2)c(Cl)c1CNc1cnn(CCO)c1. The largest absolute Gasteiger partial charge is 0.394 e. The van der Waals surface area contributed by atoms with Crippen LogP contribution in [0.3, 0.4) is 0 Å². The predicted octanol–water partition coefficient (Wildman–Crippen LogP) is 2.77. The smallest absolute Gasteiger partial charge is 0.138 e. The summed E-state index contributed by atoms with van der Waals surface area (Å²) >= 11 is 6.44. The van der Waals surface area contributed by atoms with Gasteiger partial charge in [0.2, 0.25) is 0 Å². The maximum atomic E-state index is 13.1. The molecule has 126 valence electrons. The van der Waals surface area contributed by atoms with Crippen LogP contribution >= 0.6 is 11.6 Å². The summed E-state index contributed by atoms with van der Waals surface area (Å²) in [6.07, 6.45) is 3.49. The Morgan fingerprint density at radius 1 is 1.29 bits per heavy atom. The zero-order chi connectivity index (χ0) is 17.1. The summed E-state index contributed by atoms with van der Waals surface area (Å²) in [5.74, 6) is -0.305. The van der Waals surface area contributed by atoms with E-state index in [2.05, 4.69) is 15.5 Å². The topological polar surface area (TPSA) is 67.9 Å². The number of hydrogen-bond donors (Lipinski definition) is 2. The molecule has 0 radical (unpaired) electrons. The van der Waals surface area contributed by atoms with Gasteiger partial charge in [-0.15, -0.1) is 0 Å². The Morgan fingerprint density at radius 2 is 2.04 bits per heavy atom. The van der Waals surface area contributed by atoms with Gasteiger partial charge in [0, 0.05) is 18.3 Å².